The Morgan fingerprint density at radius 1 is 1.46 bits per heavy atom. The number of carbonyl (C=O) groups excluding carboxylic acids is 1. The van der Waals surface area contributed by atoms with E-state index < -0.39 is 0 Å². The van der Waals surface area contributed by atoms with Crippen LogP contribution in [-0.2, 0) is 4.79 Å². The quantitative estimate of drug-likeness (QED) is 0.644. The van der Waals surface area contributed by atoms with Gasteiger partial charge in [0.05, 0.1) is 0 Å². The second-order valence-corrected chi connectivity index (χ2v) is 3.74. The summed E-state index contributed by atoms with van der Waals surface area (Å²) in [6.45, 7) is 4.12. The lowest BCUT2D eigenvalue weighted by atomic mass is 9.91. The minimum atomic E-state index is 0.130. The number of aryl methyl sites for hydroxylation is 1. The molecular formula is C11H13NO. The molecule has 2 nitrogen and oxygen atoms in total. The Labute approximate surface area is 78.0 Å². The molecule has 2 heteroatoms. The van der Waals surface area contributed by atoms with Crippen LogP contribution in [0.4, 0.5) is 5.69 Å². The number of rotatable bonds is 0. The highest BCUT2D eigenvalue weighted by Crippen LogP contribution is 2.31. The molecule has 0 aromatic heterocycles. The zero-order valence-electron chi connectivity index (χ0n) is 7.92. The molecule has 0 bridgehead atoms. The van der Waals surface area contributed by atoms with Crippen LogP contribution in [0, 0.1) is 6.92 Å². The molecule has 1 aromatic carbocycles. The third-order valence-corrected chi connectivity index (χ3v) is 2.51. The average Bonchev–Trinajstić information content (AvgIpc) is 2.02. The number of nitrogens with one attached hydrogen (secondary N) is 1. The maximum absolute atomic E-state index is 11.2. The van der Waals surface area contributed by atoms with Gasteiger partial charge in [-0.25, -0.2) is 0 Å². The number of hydrogen-bond acceptors (Lipinski definition) is 1. The lowest BCUT2D eigenvalue weighted by molar-refractivity contribution is -0.116. The number of amides is 1. The zero-order chi connectivity index (χ0) is 9.42. The van der Waals surface area contributed by atoms with Crippen molar-refractivity contribution in [2.75, 3.05) is 5.32 Å². The lowest BCUT2D eigenvalue weighted by Crippen LogP contribution is -2.21. The van der Waals surface area contributed by atoms with E-state index in [2.05, 4.69) is 24.4 Å². The fourth-order valence-corrected chi connectivity index (χ4v) is 1.80. The van der Waals surface area contributed by atoms with E-state index in [9.17, 15) is 4.79 Å². The standard InChI is InChI=1S/C11H13NO/c1-7-3-4-9-8(2)6-11(13)12-10(9)5-7/h3-5,8H,6H2,1-2H3,(H,12,13)/t8-/m1/s1. The summed E-state index contributed by atoms with van der Waals surface area (Å²) >= 11 is 0. The Hall–Kier alpha value is -1.31. The molecule has 1 aromatic rings. The van der Waals surface area contributed by atoms with E-state index in [0.717, 1.165) is 5.69 Å². The van der Waals surface area contributed by atoms with Gasteiger partial charge in [-0.2, -0.15) is 0 Å². The van der Waals surface area contributed by atoms with E-state index in [4.69, 9.17) is 0 Å². The summed E-state index contributed by atoms with van der Waals surface area (Å²) in [6.07, 6.45) is 0.607. The molecule has 0 saturated heterocycles. The van der Waals surface area contributed by atoms with E-state index in [0.29, 0.717) is 12.3 Å². The molecular weight excluding hydrogens is 162 g/mol. The van der Waals surface area contributed by atoms with E-state index in [1.165, 1.54) is 11.1 Å². The van der Waals surface area contributed by atoms with Crippen molar-refractivity contribution in [1.82, 2.24) is 0 Å². The van der Waals surface area contributed by atoms with Crippen molar-refractivity contribution < 1.29 is 4.79 Å². The highest BCUT2D eigenvalue weighted by Gasteiger charge is 2.20. The van der Waals surface area contributed by atoms with E-state index in [1.54, 1.807) is 0 Å². The number of hydrogen-bond donors (Lipinski definition) is 1. The summed E-state index contributed by atoms with van der Waals surface area (Å²) in [4.78, 5) is 11.2. The smallest absolute Gasteiger partial charge is 0.224 e. The topological polar surface area (TPSA) is 29.1 Å². The Morgan fingerprint density at radius 3 is 3.00 bits per heavy atom. The van der Waals surface area contributed by atoms with Gasteiger partial charge < -0.3 is 5.32 Å². The molecule has 13 heavy (non-hydrogen) atoms. The molecule has 1 amide bonds. The molecule has 1 heterocycles. The summed E-state index contributed by atoms with van der Waals surface area (Å²) in [5.74, 6) is 0.481. The van der Waals surface area contributed by atoms with Crippen LogP contribution in [0.2, 0.25) is 0 Å². The van der Waals surface area contributed by atoms with Gasteiger partial charge in [-0.1, -0.05) is 19.1 Å². The van der Waals surface area contributed by atoms with Gasteiger partial charge in [0, 0.05) is 12.1 Å². The molecule has 0 radical (unpaired) electrons. The molecule has 1 aliphatic rings. The maximum Gasteiger partial charge on any atom is 0.224 e. The second-order valence-electron chi connectivity index (χ2n) is 3.74. The molecule has 0 fully saturated rings. The van der Waals surface area contributed by atoms with Gasteiger partial charge in [0.2, 0.25) is 5.91 Å². The highest BCUT2D eigenvalue weighted by atomic mass is 16.1. The summed E-state index contributed by atoms with van der Waals surface area (Å²) in [5.41, 5.74) is 3.43. The first-order valence-electron chi connectivity index (χ1n) is 4.57. The van der Waals surface area contributed by atoms with Gasteiger partial charge in [0.25, 0.3) is 0 Å². The molecule has 1 N–H and O–H groups in total. The third-order valence-electron chi connectivity index (χ3n) is 2.51. The molecule has 0 saturated carbocycles. The Balaban J connectivity index is 2.49. The van der Waals surface area contributed by atoms with Crippen molar-refractivity contribution in [3.8, 4) is 0 Å². The van der Waals surface area contributed by atoms with E-state index in [1.807, 2.05) is 13.0 Å². The average molecular weight is 175 g/mol. The SMILES string of the molecule is Cc1ccc2c(c1)NC(=O)C[C@H]2C. The normalized spacial score (nSPS) is 20.8. The summed E-state index contributed by atoms with van der Waals surface area (Å²) in [5, 5.41) is 2.89. The van der Waals surface area contributed by atoms with Gasteiger partial charge in [-0.05, 0) is 30.0 Å². The van der Waals surface area contributed by atoms with Crippen molar-refractivity contribution in [2.24, 2.45) is 0 Å². The van der Waals surface area contributed by atoms with Crippen LogP contribution in [-0.4, -0.2) is 5.91 Å². The molecule has 68 valence electrons. The first-order chi connectivity index (χ1) is 6.16. The van der Waals surface area contributed by atoms with Crippen molar-refractivity contribution in [3.05, 3.63) is 29.3 Å². The van der Waals surface area contributed by atoms with Crippen LogP contribution in [0.25, 0.3) is 0 Å². The molecule has 0 aliphatic carbocycles. The maximum atomic E-state index is 11.2. The molecule has 1 aliphatic heterocycles. The lowest BCUT2D eigenvalue weighted by Gasteiger charge is -2.22. The fourth-order valence-electron chi connectivity index (χ4n) is 1.80. The molecule has 2 rings (SSSR count). The van der Waals surface area contributed by atoms with Crippen molar-refractivity contribution >= 4 is 11.6 Å². The Kier molecular flexibility index (Phi) is 1.83. The number of anilines is 1. The number of carbonyl (C=O) groups is 1. The Morgan fingerprint density at radius 2 is 2.23 bits per heavy atom. The predicted molar refractivity (Wildman–Crippen MR) is 52.8 cm³/mol. The predicted octanol–water partition coefficient (Wildman–Crippen LogP) is 2.44. The third kappa shape index (κ3) is 1.44. The minimum Gasteiger partial charge on any atom is -0.326 e. The number of fused-ring (bicyclic) bond motifs is 1. The van der Waals surface area contributed by atoms with Gasteiger partial charge in [0.1, 0.15) is 0 Å². The van der Waals surface area contributed by atoms with E-state index >= 15 is 0 Å². The first-order valence-corrected chi connectivity index (χ1v) is 4.57. The van der Waals surface area contributed by atoms with Gasteiger partial charge in [0.15, 0.2) is 0 Å². The summed E-state index contributed by atoms with van der Waals surface area (Å²) in [7, 11) is 0. The highest BCUT2D eigenvalue weighted by molar-refractivity contribution is 5.94. The van der Waals surface area contributed by atoms with Crippen molar-refractivity contribution in [2.45, 2.75) is 26.2 Å². The molecule has 0 spiro atoms. The fraction of sp³-hybridized carbons (Fsp3) is 0.364. The molecule has 0 unspecified atom stereocenters. The molecule has 1 atom stereocenters. The minimum absolute atomic E-state index is 0.130. The second kappa shape index (κ2) is 2.87. The Bertz CT molecular complexity index is 357. The summed E-state index contributed by atoms with van der Waals surface area (Å²) in [6, 6.07) is 6.23. The number of benzene rings is 1. The van der Waals surface area contributed by atoms with Crippen LogP contribution in [0.3, 0.4) is 0 Å². The van der Waals surface area contributed by atoms with E-state index in [-0.39, 0.29) is 5.91 Å². The van der Waals surface area contributed by atoms with Gasteiger partial charge >= 0.3 is 0 Å². The van der Waals surface area contributed by atoms with Crippen LogP contribution in [0.1, 0.15) is 30.4 Å². The van der Waals surface area contributed by atoms with Crippen LogP contribution in [0.5, 0.6) is 0 Å². The monoisotopic (exact) mass is 175 g/mol. The van der Waals surface area contributed by atoms with Crippen LogP contribution >= 0.6 is 0 Å². The van der Waals surface area contributed by atoms with Crippen LogP contribution < -0.4 is 5.32 Å². The van der Waals surface area contributed by atoms with Crippen LogP contribution in [0.15, 0.2) is 18.2 Å². The van der Waals surface area contributed by atoms with Crippen molar-refractivity contribution in [1.29, 1.82) is 0 Å². The largest absolute Gasteiger partial charge is 0.326 e. The zero-order valence-corrected chi connectivity index (χ0v) is 7.92. The summed E-state index contributed by atoms with van der Waals surface area (Å²) < 4.78 is 0. The van der Waals surface area contributed by atoms with Gasteiger partial charge in [-0.15, -0.1) is 0 Å². The van der Waals surface area contributed by atoms with Gasteiger partial charge in [-0.3, -0.25) is 4.79 Å². The van der Waals surface area contributed by atoms with Crippen molar-refractivity contribution in [3.63, 3.8) is 0 Å². The first kappa shape index (κ1) is 8.30.